The number of amidine groups is 1. The Bertz CT molecular complexity index is 1030. The molecule has 2 heterocycles. The Kier molecular flexibility index (Phi) is 4.92. The molecule has 4 bridgehead atoms. The zero-order valence-electron chi connectivity index (χ0n) is 18.4. The molecular weight excluding hydrogens is 442 g/mol. The summed E-state index contributed by atoms with van der Waals surface area (Å²) in [4.78, 5) is 17.5. The summed E-state index contributed by atoms with van der Waals surface area (Å²) in [5.41, 5.74) is 1.84. The van der Waals surface area contributed by atoms with E-state index in [9.17, 15) is 13.2 Å². The molecule has 0 unspecified atom stereocenters. The first-order valence-corrected chi connectivity index (χ1v) is 14.6. The molecule has 1 saturated heterocycles. The topological polar surface area (TPSA) is 87.6 Å². The van der Waals surface area contributed by atoms with Crippen LogP contribution in [0.25, 0.3) is 0 Å². The normalized spacial score (nSPS) is 39.4. The highest BCUT2D eigenvalue weighted by Gasteiger charge is 2.53. The van der Waals surface area contributed by atoms with Gasteiger partial charge in [0.1, 0.15) is 0 Å². The summed E-state index contributed by atoms with van der Waals surface area (Å²) in [6.07, 6.45) is 8.09. The van der Waals surface area contributed by atoms with Crippen LogP contribution in [0.5, 0.6) is 0 Å². The number of benzene rings is 1. The van der Waals surface area contributed by atoms with Crippen LogP contribution in [0.3, 0.4) is 0 Å². The minimum absolute atomic E-state index is 0.00659. The van der Waals surface area contributed by atoms with Crippen molar-refractivity contribution >= 4 is 38.4 Å². The zero-order chi connectivity index (χ0) is 22.1. The fourth-order valence-corrected chi connectivity index (χ4v) is 11.1. The van der Waals surface area contributed by atoms with Gasteiger partial charge in [0.25, 0.3) is 5.91 Å². The lowest BCUT2D eigenvalue weighted by Crippen LogP contribution is -2.55. The average molecular weight is 474 g/mol. The number of aliphatic imine (C=N–C) groups is 1. The van der Waals surface area contributed by atoms with Crippen LogP contribution in [0.15, 0.2) is 29.3 Å². The summed E-state index contributed by atoms with van der Waals surface area (Å²) < 4.78 is 23.4. The number of amides is 1. The number of sulfone groups is 1. The smallest absolute Gasteiger partial charge is 0.251 e. The van der Waals surface area contributed by atoms with Crippen molar-refractivity contribution in [1.82, 2.24) is 5.32 Å². The van der Waals surface area contributed by atoms with Crippen molar-refractivity contribution in [2.75, 3.05) is 16.8 Å². The van der Waals surface area contributed by atoms with E-state index in [-0.39, 0.29) is 34.7 Å². The maximum Gasteiger partial charge on any atom is 0.251 e. The number of anilines is 1. The lowest BCUT2D eigenvalue weighted by molar-refractivity contribution is -0.0688. The average Bonchev–Trinajstić information content (AvgIpc) is 3.19. The predicted octanol–water partition coefficient (Wildman–Crippen LogP) is 3.70. The number of thioether (sulfide) groups is 1. The van der Waals surface area contributed by atoms with Crippen molar-refractivity contribution in [2.45, 2.75) is 62.8 Å². The maximum absolute atomic E-state index is 13.0. The van der Waals surface area contributed by atoms with E-state index in [1.165, 1.54) is 50.3 Å². The highest BCUT2D eigenvalue weighted by atomic mass is 32.2. The lowest BCUT2D eigenvalue weighted by Gasteiger charge is -2.59. The van der Waals surface area contributed by atoms with E-state index >= 15 is 0 Å². The zero-order valence-corrected chi connectivity index (χ0v) is 20.1. The van der Waals surface area contributed by atoms with Crippen molar-refractivity contribution in [3.63, 3.8) is 0 Å². The molecular formula is C24H31N3O3S2. The Morgan fingerprint density at radius 3 is 2.28 bits per heavy atom. The minimum Gasteiger partial charge on any atom is -0.349 e. The molecule has 1 aromatic rings. The van der Waals surface area contributed by atoms with Gasteiger partial charge in [0.15, 0.2) is 15.0 Å². The lowest BCUT2D eigenvalue weighted by atomic mass is 9.48. The molecule has 2 N–H and O–H groups in total. The van der Waals surface area contributed by atoms with Gasteiger partial charge in [0, 0.05) is 22.5 Å². The van der Waals surface area contributed by atoms with Gasteiger partial charge < -0.3 is 10.6 Å². The second-order valence-electron chi connectivity index (χ2n) is 10.9. The van der Waals surface area contributed by atoms with E-state index in [0.29, 0.717) is 11.0 Å². The molecule has 4 saturated carbocycles. The second-order valence-corrected chi connectivity index (χ2v) is 14.3. The number of carbonyl (C=O) groups is 1. The Morgan fingerprint density at radius 2 is 1.69 bits per heavy atom. The van der Waals surface area contributed by atoms with Crippen LogP contribution in [0.2, 0.25) is 0 Å². The van der Waals surface area contributed by atoms with E-state index in [2.05, 4.69) is 22.5 Å². The fraction of sp³-hybridized carbons (Fsp3) is 0.667. The standard InChI is InChI=1S/C24H31N3O3S2/c1-14(24-9-15-6-16(10-24)8-17(7-15)11-24)25-22(28)18-2-4-19(5-3-18)26-23-27-20-12-32(29,30)13-21(20)31-23/h2-5,14-17,20-21H,6-13H2,1H3,(H,25,28)(H,26,27)/t14-,15?,16?,17?,20-,21+,24?/m0/s1. The molecule has 6 aliphatic rings. The molecule has 0 spiro atoms. The fourth-order valence-electron chi connectivity index (χ4n) is 7.39. The highest BCUT2D eigenvalue weighted by molar-refractivity contribution is 8.15. The van der Waals surface area contributed by atoms with Crippen molar-refractivity contribution in [2.24, 2.45) is 28.2 Å². The molecule has 2 aliphatic heterocycles. The number of rotatable bonds is 4. The van der Waals surface area contributed by atoms with E-state index in [1.54, 1.807) is 0 Å². The summed E-state index contributed by atoms with van der Waals surface area (Å²) in [6, 6.07) is 7.59. The number of carbonyl (C=O) groups excluding carboxylic acids is 1. The molecule has 0 radical (unpaired) electrons. The molecule has 1 aromatic carbocycles. The van der Waals surface area contributed by atoms with Crippen molar-refractivity contribution in [3.8, 4) is 0 Å². The summed E-state index contributed by atoms with van der Waals surface area (Å²) in [7, 11) is -2.94. The van der Waals surface area contributed by atoms with Crippen LogP contribution in [0.1, 0.15) is 55.8 Å². The van der Waals surface area contributed by atoms with E-state index < -0.39 is 9.84 Å². The number of nitrogens with zero attached hydrogens (tertiary/aromatic N) is 1. The highest BCUT2D eigenvalue weighted by Crippen LogP contribution is 2.61. The first kappa shape index (κ1) is 21.0. The predicted molar refractivity (Wildman–Crippen MR) is 129 cm³/mol. The Morgan fingerprint density at radius 1 is 1.06 bits per heavy atom. The molecule has 5 fully saturated rings. The van der Waals surface area contributed by atoms with Gasteiger partial charge in [0.05, 0.1) is 17.5 Å². The van der Waals surface area contributed by atoms with Crippen LogP contribution in [-0.4, -0.2) is 48.3 Å². The molecule has 0 aromatic heterocycles. The Labute approximate surface area is 194 Å². The van der Waals surface area contributed by atoms with Gasteiger partial charge in [-0.1, -0.05) is 11.8 Å². The molecule has 32 heavy (non-hydrogen) atoms. The Balaban J connectivity index is 1.08. The first-order chi connectivity index (χ1) is 15.3. The van der Waals surface area contributed by atoms with E-state index in [4.69, 9.17) is 0 Å². The van der Waals surface area contributed by atoms with Crippen molar-refractivity contribution < 1.29 is 13.2 Å². The third kappa shape index (κ3) is 3.77. The molecule has 172 valence electrons. The van der Waals surface area contributed by atoms with Gasteiger partial charge in [-0.05, 0) is 92.9 Å². The first-order valence-electron chi connectivity index (χ1n) is 11.9. The molecule has 6 nitrogen and oxygen atoms in total. The minimum atomic E-state index is -2.94. The van der Waals surface area contributed by atoms with Gasteiger partial charge in [0.2, 0.25) is 0 Å². The summed E-state index contributed by atoms with van der Waals surface area (Å²) >= 11 is 1.50. The number of fused-ring (bicyclic) bond motifs is 1. The van der Waals surface area contributed by atoms with Gasteiger partial charge in [-0.3, -0.25) is 9.79 Å². The molecule has 8 heteroatoms. The van der Waals surface area contributed by atoms with Crippen LogP contribution < -0.4 is 10.6 Å². The third-order valence-corrected chi connectivity index (χ3v) is 11.7. The number of hydrogen-bond acceptors (Lipinski definition) is 6. The largest absolute Gasteiger partial charge is 0.349 e. The summed E-state index contributed by atoms with van der Waals surface area (Å²) in [6.45, 7) is 2.22. The van der Waals surface area contributed by atoms with Crippen molar-refractivity contribution in [1.29, 1.82) is 0 Å². The van der Waals surface area contributed by atoms with Gasteiger partial charge in [-0.2, -0.15) is 0 Å². The van der Waals surface area contributed by atoms with Crippen LogP contribution in [0, 0.1) is 23.2 Å². The summed E-state index contributed by atoms with van der Waals surface area (Å²) in [5, 5.41) is 7.41. The SMILES string of the molecule is C[C@H](NC(=O)c1ccc(NC2=N[C@H]3CS(=O)(=O)C[C@H]3S2)cc1)C12CC3CC(CC(C3)C1)C2. The number of nitrogens with one attached hydrogen (secondary N) is 2. The molecule has 3 atom stereocenters. The van der Waals surface area contributed by atoms with Crippen LogP contribution in [-0.2, 0) is 9.84 Å². The summed E-state index contributed by atoms with van der Waals surface area (Å²) in [5.74, 6) is 2.99. The van der Waals surface area contributed by atoms with Gasteiger partial charge >= 0.3 is 0 Å². The Hall–Kier alpha value is -1.54. The number of hydrogen-bond donors (Lipinski definition) is 2. The van der Waals surface area contributed by atoms with Gasteiger partial charge in [-0.25, -0.2) is 8.42 Å². The van der Waals surface area contributed by atoms with Crippen LogP contribution in [0.4, 0.5) is 5.69 Å². The molecule has 7 rings (SSSR count). The van der Waals surface area contributed by atoms with Crippen LogP contribution >= 0.6 is 11.8 Å². The molecule has 4 aliphatic carbocycles. The monoisotopic (exact) mass is 473 g/mol. The van der Waals surface area contributed by atoms with Gasteiger partial charge in [-0.15, -0.1) is 0 Å². The van der Waals surface area contributed by atoms with E-state index in [1.807, 2.05) is 24.3 Å². The third-order valence-electron chi connectivity index (χ3n) is 8.57. The second kappa shape index (κ2) is 7.49. The molecule has 1 amide bonds. The van der Waals surface area contributed by atoms with E-state index in [0.717, 1.165) is 28.6 Å². The van der Waals surface area contributed by atoms with Crippen molar-refractivity contribution in [3.05, 3.63) is 29.8 Å². The maximum atomic E-state index is 13.0. The quantitative estimate of drug-likeness (QED) is 0.696.